The van der Waals surface area contributed by atoms with Gasteiger partial charge in [-0.1, -0.05) is 24.3 Å². The Morgan fingerprint density at radius 2 is 1.91 bits per heavy atom. The summed E-state index contributed by atoms with van der Waals surface area (Å²) in [4.78, 5) is 6.33. The molecule has 3 nitrogen and oxygen atoms in total. The van der Waals surface area contributed by atoms with E-state index in [1.165, 1.54) is 24.6 Å². The molecule has 1 saturated heterocycles. The van der Waals surface area contributed by atoms with E-state index in [4.69, 9.17) is 5.11 Å². The van der Waals surface area contributed by atoms with Gasteiger partial charge in [-0.05, 0) is 50.0 Å². The summed E-state index contributed by atoms with van der Waals surface area (Å²) >= 11 is 0. The highest BCUT2D eigenvalue weighted by Crippen LogP contribution is 2.28. The molecule has 0 spiro atoms. The van der Waals surface area contributed by atoms with Gasteiger partial charge in [-0.25, -0.2) is 4.39 Å². The van der Waals surface area contributed by atoms with Crippen molar-refractivity contribution in [1.82, 2.24) is 9.88 Å². The van der Waals surface area contributed by atoms with Gasteiger partial charge in [0.1, 0.15) is 5.82 Å². The number of hydrogen-bond acceptors (Lipinski definition) is 3. The molecule has 2 aromatic rings. The van der Waals surface area contributed by atoms with Crippen molar-refractivity contribution in [2.24, 2.45) is 0 Å². The lowest BCUT2D eigenvalue weighted by Crippen LogP contribution is -2.23. The van der Waals surface area contributed by atoms with Crippen molar-refractivity contribution in [1.29, 1.82) is 0 Å². The predicted molar refractivity (Wildman–Crippen MR) is 84.8 cm³/mol. The average Bonchev–Trinajstić information content (AvgIpc) is 3.09. The van der Waals surface area contributed by atoms with Gasteiger partial charge < -0.3 is 5.11 Å². The molecule has 0 aliphatic carbocycles. The van der Waals surface area contributed by atoms with E-state index in [0.29, 0.717) is 17.3 Å². The molecule has 2 heterocycles. The lowest BCUT2D eigenvalue weighted by atomic mass is 10.0. The van der Waals surface area contributed by atoms with Gasteiger partial charge in [0.25, 0.3) is 0 Å². The van der Waals surface area contributed by atoms with Crippen molar-refractivity contribution < 1.29 is 9.50 Å². The Bertz CT molecular complexity index is 636. The number of pyridine rings is 1. The van der Waals surface area contributed by atoms with E-state index in [2.05, 4.69) is 28.9 Å². The van der Waals surface area contributed by atoms with Gasteiger partial charge in [0.2, 0.25) is 0 Å². The molecule has 1 atom stereocenters. The second-order valence-corrected chi connectivity index (χ2v) is 5.85. The van der Waals surface area contributed by atoms with Crippen LogP contribution < -0.4 is 0 Å². The Morgan fingerprint density at radius 1 is 1.23 bits per heavy atom. The number of likely N-dealkylation sites (tertiary alicyclic amines) is 1. The topological polar surface area (TPSA) is 36.4 Å². The standard InChI is InChI=1S/C18H21FN2O/c1-13(21-8-2-3-9-21)14-4-6-15(7-5-14)17-10-16(12-22)20-11-18(17)19/h4-7,10-11,13,22H,2-3,8-9,12H2,1H3/t13-/m0/s1. The van der Waals surface area contributed by atoms with Crippen LogP contribution in [0.5, 0.6) is 0 Å². The molecule has 0 amide bonds. The molecule has 116 valence electrons. The van der Waals surface area contributed by atoms with E-state index in [0.717, 1.165) is 18.7 Å². The van der Waals surface area contributed by atoms with Gasteiger partial charge in [-0.3, -0.25) is 9.88 Å². The maximum Gasteiger partial charge on any atom is 0.149 e. The van der Waals surface area contributed by atoms with Crippen LogP contribution in [0.2, 0.25) is 0 Å². The lowest BCUT2D eigenvalue weighted by Gasteiger charge is -2.24. The summed E-state index contributed by atoms with van der Waals surface area (Å²) in [5, 5.41) is 9.15. The van der Waals surface area contributed by atoms with Crippen LogP contribution in [0, 0.1) is 5.82 Å². The molecular weight excluding hydrogens is 279 g/mol. The van der Waals surface area contributed by atoms with Gasteiger partial charge in [0.15, 0.2) is 0 Å². The molecule has 0 bridgehead atoms. The van der Waals surface area contributed by atoms with E-state index in [9.17, 15) is 4.39 Å². The second-order valence-electron chi connectivity index (χ2n) is 5.85. The molecule has 0 saturated carbocycles. The third-order valence-electron chi connectivity index (χ3n) is 4.47. The van der Waals surface area contributed by atoms with Crippen LogP contribution >= 0.6 is 0 Å². The van der Waals surface area contributed by atoms with Crippen LogP contribution in [0.25, 0.3) is 11.1 Å². The number of aliphatic hydroxyl groups excluding tert-OH is 1. The van der Waals surface area contributed by atoms with Crippen LogP contribution in [-0.4, -0.2) is 28.1 Å². The number of rotatable bonds is 4. The van der Waals surface area contributed by atoms with Crippen molar-refractivity contribution in [2.75, 3.05) is 13.1 Å². The zero-order valence-corrected chi connectivity index (χ0v) is 12.8. The number of halogens is 1. The first kappa shape index (κ1) is 15.1. The fourth-order valence-corrected chi connectivity index (χ4v) is 3.07. The summed E-state index contributed by atoms with van der Waals surface area (Å²) < 4.78 is 13.9. The zero-order valence-electron chi connectivity index (χ0n) is 12.8. The third kappa shape index (κ3) is 3.03. The molecule has 4 heteroatoms. The van der Waals surface area contributed by atoms with Crippen LogP contribution in [0.15, 0.2) is 36.5 Å². The maximum atomic E-state index is 13.9. The normalized spacial score (nSPS) is 16.9. The zero-order chi connectivity index (χ0) is 15.5. The Hall–Kier alpha value is -1.78. The minimum Gasteiger partial charge on any atom is -0.390 e. The summed E-state index contributed by atoms with van der Waals surface area (Å²) in [6.45, 7) is 4.35. The van der Waals surface area contributed by atoms with Crippen LogP contribution in [0.3, 0.4) is 0 Å². The average molecular weight is 300 g/mol. The SMILES string of the molecule is C[C@@H](c1ccc(-c2cc(CO)ncc2F)cc1)N1CCCC1. The van der Waals surface area contributed by atoms with E-state index in [-0.39, 0.29) is 12.4 Å². The third-order valence-corrected chi connectivity index (χ3v) is 4.47. The second kappa shape index (κ2) is 6.55. The fraction of sp³-hybridized carbons (Fsp3) is 0.389. The Kier molecular flexibility index (Phi) is 4.50. The highest BCUT2D eigenvalue weighted by Gasteiger charge is 2.19. The highest BCUT2D eigenvalue weighted by molar-refractivity contribution is 5.64. The van der Waals surface area contributed by atoms with E-state index < -0.39 is 0 Å². The first-order chi connectivity index (χ1) is 10.7. The quantitative estimate of drug-likeness (QED) is 0.938. The minimum atomic E-state index is -0.363. The van der Waals surface area contributed by atoms with Gasteiger partial charge in [0, 0.05) is 11.6 Å². The molecule has 1 aromatic carbocycles. The predicted octanol–water partition coefficient (Wildman–Crippen LogP) is 3.54. The Labute approximate surface area is 130 Å². The minimum absolute atomic E-state index is 0.183. The molecule has 0 unspecified atom stereocenters. The summed E-state index contributed by atoms with van der Waals surface area (Å²) in [7, 11) is 0. The Morgan fingerprint density at radius 3 is 2.55 bits per heavy atom. The molecule has 1 N–H and O–H groups in total. The van der Waals surface area contributed by atoms with Crippen LogP contribution in [0.1, 0.15) is 37.1 Å². The number of aromatic nitrogens is 1. The number of benzene rings is 1. The summed E-state index contributed by atoms with van der Waals surface area (Å²) in [6.07, 6.45) is 3.71. The Balaban J connectivity index is 1.84. The fourth-order valence-electron chi connectivity index (χ4n) is 3.07. The molecule has 1 aromatic heterocycles. The molecule has 0 radical (unpaired) electrons. The molecule has 1 fully saturated rings. The molecular formula is C18H21FN2O. The maximum absolute atomic E-state index is 13.9. The van der Waals surface area contributed by atoms with E-state index in [1.807, 2.05) is 12.1 Å². The highest BCUT2D eigenvalue weighted by atomic mass is 19.1. The number of nitrogens with zero attached hydrogens (tertiary/aromatic N) is 2. The van der Waals surface area contributed by atoms with E-state index >= 15 is 0 Å². The molecule has 1 aliphatic heterocycles. The van der Waals surface area contributed by atoms with Crippen molar-refractivity contribution in [3.63, 3.8) is 0 Å². The van der Waals surface area contributed by atoms with Crippen molar-refractivity contribution in [3.05, 3.63) is 53.6 Å². The largest absolute Gasteiger partial charge is 0.390 e. The van der Waals surface area contributed by atoms with Gasteiger partial charge >= 0.3 is 0 Å². The van der Waals surface area contributed by atoms with Crippen molar-refractivity contribution in [2.45, 2.75) is 32.4 Å². The summed E-state index contributed by atoms with van der Waals surface area (Å²) in [5.41, 5.74) is 3.03. The first-order valence-electron chi connectivity index (χ1n) is 7.78. The van der Waals surface area contributed by atoms with Crippen molar-refractivity contribution >= 4 is 0 Å². The van der Waals surface area contributed by atoms with Crippen LogP contribution in [0.4, 0.5) is 4.39 Å². The van der Waals surface area contributed by atoms with Crippen molar-refractivity contribution in [3.8, 4) is 11.1 Å². The molecule has 22 heavy (non-hydrogen) atoms. The first-order valence-corrected chi connectivity index (χ1v) is 7.78. The molecule has 3 rings (SSSR count). The van der Waals surface area contributed by atoms with E-state index in [1.54, 1.807) is 6.07 Å². The summed E-state index contributed by atoms with van der Waals surface area (Å²) in [5.74, 6) is -0.363. The lowest BCUT2D eigenvalue weighted by molar-refractivity contribution is 0.263. The number of aliphatic hydroxyl groups is 1. The van der Waals surface area contributed by atoms with Gasteiger partial charge in [-0.2, -0.15) is 0 Å². The smallest absolute Gasteiger partial charge is 0.149 e. The molecule has 1 aliphatic rings. The summed E-state index contributed by atoms with van der Waals surface area (Å²) in [6, 6.07) is 10.0. The monoisotopic (exact) mass is 300 g/mol. The number of hydrogen-bond donors (Lipinski definition) is 1. The van der Waals surface area contributed by atoms with Gasteiger partial charge in [-0.15, -0.1) is 0 Å². The van der Waals surface area contributed by atoms with Crippen LogP contribution in [-0.2, 0) is 6.61 Å². The van der Waals surface area contributed by atoms with Gasteiger partial charge in [0.05, 0.1) is 18.5 Å².